The van der Waals surface area contributed by atoms with Gasteiger partial charge >= 0.3 is 5.91 Å². The van der Waals surface area contributed by atoms with Gasteiger partial charge in [-0.3, -0.25) is 18.9 Å². The van der Waals surface area contributed by atoms with Crippen LogP contribution in [0.3, 0.4) is 0 Å². The van der Waals surface area contributed by atoms with E-state index in [-0.39, 0.29) is 11.3 Å². The number of hydrogen-bond acceptors (Lipinski definition) is 8. The van der Waals surface area contributed by atoms with Gasteiger partial charge in [0.2, 0.25) is 0 Å². The molecule has 0 bridgehead atoms. The number of aliphatic hydroxyl groups is 1. The number of carbonyl (C=O) groups is 2. The predicted molar refractivity (Wildman–Crippen MR) is 167 cm³/mol. The van der Waals surface area contributed by atoms with Crippen molar-refractivity contribution in [1.82, 2.24) is 14.4 Å². The largest absolute Gasteiger partial charge is 0.505 e. The number of imidazole rings is 1. The van der Waals surface area contributed by atoms with Crippen LogP contribution in [-0.4, -0.2) is 44.9 Å². The third-order valence-electron chi connectivity index (χ3n) is 7.66. The maximum Gasteiger partial charge on any atom is 0.301 e. The Morgan fingerprint density at radius 3 is 2.63 bits per heavy atom. The second kappa shape index (κ2) is 11.2. The van der Waals surface area contributed by atoms with Gasteiger partial charge < -0.3 is 14.6 Å². The third-order valence-corrected chi connectivity index (χ3v) is 8.66. The summed E-state index contributed by atoms with van der Waals surface area (Å²) in [5.41, 5.74) is 4.82. The minimum atomic E-state index is -0.978. The average molecular weight is 597 g/mol. The number of aliphatic hydroxyl groups excluding tert-OH is 1. The van der Waals surface area contributed by atoms with Crippen molar-refractivity contribution in [3.8, 4) is 11.5 Å². The Balaban J connectivity index is 1.58. The van der Waals surface area contributed by atoms with Crippen LogP contribution in [0.4, 0.5) is 5.13 Å². The van der Waals surface area contributed by atoms with E-state index in [0.29, 0.717) is 45.8 Å². The van der Waals surface area contributed by atoms with E-state index in [4.69, 9.17) is 14.5 Å². The summed E-state index contributed by atoms with van der Waals surface area (Å²) in [5.74, 6) is -0.866. The number of fused-ring (bicyclic) bond motifs is 2. The topological polar surface area (TPSA) is 106 Å². The standard InChI is InChI=1S/C33H32N4O5S/c1-6-7-14-42-22-12-11-21(17-23(22)41-5)29-26(30(38)28-20(4)34-25-10-8-9-13-36(25)28)31(39)32(40)37(29)33-35-27-19(3)15-18(2)16-24(27)43-33/h8-13,15-17,29,38H,6-7,14H2,1-5H3. The van der Waals surface area contributed by atoms with Crippen LogP contribution in [0.1, 0.15) is 53.9 Å². The monoisotopic (exact) mass is 596 g/mol. The van der Waals surface area contributed by atoms with Gasteiger partial charge in [0.25, 0.3) is 5.78 Å². The van der Waals surface area contributed by atoms with Gasteiger partial charge in [-0.1, -0.05) is 42.9 Å². The van der Waals surface area contributed by atoms with Gasteiger partial charge in [0.15, 0.2) is 22.4 Å². The number of carbonyl (C=O) groups excluding carboxylic acids is 2. The number of amides is 1. The molecule has 220 valence electrons. The molecule has 1 aliphatic heterocycles. The first-order valence-corrected chi connectivity index (χ1v) is 15.0. The zero-order valence-corrected chi connectivity index (χ0v) is 25.5. The molecule has 1 fully saturated rings. The summed E-state index contributed by atoms with van der Waals surface area (Å²) < 4.78 is 14.2. The highest BCUT2D eigenvalue weighted by atomic mass is 32.1. The number of rotatable bonds is 8. The Bertz CT molecular complexity index is 1940. The van der Waals surface area contributed by atoms with Gasteiger partial charge in [-0.15, -0.1) is 0 Å². The van der Waals surface area contributed by atoms with Crippen LogP contribution in [0.15, 0.2) is 60.3 Å². The summed E-state index contributed by atoms with van der Waals surface area (Å²) in [6.45, 7) is 8.36. The van der Waals surface area contributed by atoms with Gasteiger partial charge in [-0.2, -0.15) is 0 Å². The molecular formula is C33H32N4O5S. The molecule has 43 heavy (non-hydrogen) atoms. The van der Waals surface area contributed by atoms with Gasteiger partial charge in [0.1, 0.15) is 11.3 Å². The molecule has 9 nitrogen and oxygen atoms in total. The number of ether oxygens (including phenoxy) is 2. The first-order chi connectivity index (χ1) is 20.7. The highest BCUT2D eigenvalue weighted by Gasteiger charge is 2.49. The van der Waals surface area contributed by atoms with Crippen molar-refractivity contribution in [1.29, 1.82) is 0 Å². The fourth-order valence-corrected chi connectivity index (χ4v) is 6.80. The molecule has 0 saturated carbocycles. The molecule has 2 aromatic carbocycles. The lowest BCUT2D eigenvalue weighted by Crippen LogP contribution is -2.29. The number of thiazole rings is 1. The smallest absolute Gasteiger partial charge is 0.301 e. The molecule has 5 aromatic rings. The summed E-state index contributed by atoms with van der Waals surface area (Å²) in [7, 11) is 1.54. The lowest BCUT2D eigenvalue weighted by molar-refractivity contribution is -0.132. The van der Waals surface area contributed by atoms with Crippen molar-refractivity contribution < 1.29 is 24.2 Å². The molecule has 1 amide bonds. The summed E-state index contributed by atoms with van der Waals surface area (Å²) in [4.78, 5) is 38.5. The van der Waals surface area contributed by atoms with E-state index in [1.807, 2.05) is 44.2 Å². The summed E-state index contributed by atoms with van der Waals surface area (Å²) in [5, 5.41) is 12.2. The van der Waals surface area contributed by atoms with Crippen LogP contribution < -0.4 is 14.4 Å². The maximum atomic E-state index is 13.9. The Morgan fingerprint density at radius 1 is 1.05 bits per heavy atom. The molecule has 1 aliphatic rings. The number of methoxy groups -OCH3 is 1. The molecule has 0 spiro atoms. The molecule has 1 atom stereocenters. The van der Waals surface area contributed by atoms with Crippen molar-refractivity contribution in [2.45, 2.75) is 46.6 Å². The second-order valence-corrected chi connectivity index (χ2v) is 11.7. The highest BCUT2D eigenvalue weighted by molar-refractivity contribution is 7.22. The molecule has 3 aromatic heterocycles. The molecule has 1 saturated heterocycles. The number of aryl methyl sites for hydroxylation is 3. The number of hydrogen-bond donors (Lipinski definition) is 1. The summed E-state index contributed by atoms with van der Waals surface area (Å²) in [6, 6.07) is 13.9. The van der Waals surface area contributed by atoms with Crippen LogP contribution in [-0.2, 0) is 9.59 Å². The van der Waals surface area contributed by atoms with E-state index < -0.39 is 17.7 Å². The summed E-state index contributed by atoms with van der Waals surface area (Å²) >= 11 is 1.33. The number of nitrogens with zero attached hydrogens (tertiary/aromatic N) is 4. The average Bonchev–Trinajstić information content (AvgIpc) is 3.64. The van der Waals surface area contributed by atoms with Crippen LogP contribution >= 0.6 is 11.3 Å². The molecule has 0 radical (unpaired) electrons. The number of Topliss-reactive ketones (excluding diaryl/α,β-unsaturated/α-hetero) is 1. The number of unbranched alkanes of at least 4 members (excludes halogenated alkanes) is 1. The van der Waals surface area contributed by atoms with Gasteiger partial charge in [-0.25, -0.2) is 9.97 Å². The lowest BCUT2D eigenvalue weighted by Gasteiger charge is -2.24. The van der Waals surface area contributed by atoms with E-state index in [1.165, 1.54) is 16.2 Å². The molecule has 6 rings (SSSR count). The lowest BCUT2D eigenvalue weighted by atomic mass is 9.96. The van der Waals surface area contributed by atoms with Crippen LogP contribution in [0.5, 0.6) is 11.5 Å². The highest BCUT2D eigenvalue weighted by Crippen LogP contribution is 2.46. The number of benzene rings is 2. The number of anilines is 1. The zero-order valence-electron chi connectivity index (χ0n) is 24.7. The summed E-state index contributed by atoms with van der Waals surface area (Å²) in [6.07, 6.45) is 3.64. The number of pyridine rings is 1. The molecule has 1 N–H and O–H groups in total. The Kier molecular flexibility index (Phi) is 7.39. The first-order valence-electron chi connectivity index (χ1n) is 14.2. The quantitative estimate of drug-likeness (QED) is 0.0921. The van der Waals surface area contributed by atoms with E-state index in [9.17, 15) is 14.7 Å². The van der Waals surface area contributed by atoms with E-state index in [0.717, 1.165) is 34.2 Å². The minimum absolute atomic E-state index is 0.0485. The molecule has 1 unspecified atom stereocenters. The van der Waals surface area contributed by atoms with Crippen molar-refractivity contribution >= 4 is 49.8 Å². The normalized spacial score (nSPS) is 16.5. The fraction of sp³-hybridized carbons (Fsp3) is 0.273. The SMILES string of the molecule is CCCCOc1ccc(C2C(=C(O)c3c(C)nc4ccccn34)C(=O)C(=O)N2c2nc3c(C)cc(C)cc3s2)cc1OC. The van der Waals surface area contributed by atoms with Crippen molar-refractivity contribution in [2.24, 2.45) is 0 Å². The van der Waals surface area contributed by atoms with Crippen molar-refractivity contribution in [2.75, 3.05) is 18.6 Å². The molecule has 0 aliphatic carbocycles. The minimum Gasteiger partial charge on any atom is -0.505 e. The number of ketones is 1. The van der Waals surface area contributed by atoms with Crippen LogP contribution in [0, 0.1) is 20.8 Å². The van der Waals surface area contributed by atoms with Gasteiger partial charge in [0, 0.05) is 6.20 Å². The third kappa shape index (κ3) is 4.81. The predicted octanol–water partition coefficient (Wildman–Crippen LogP) is 6.68. The zero-order chi connectivity index (χ0) is 30.4. The van der Waals surface area contributed by atoms with Crippen molar-refractivity contribution in [3.63, 3.8) is 0 Å². The molecular weight excluding hydrogens is 564 g/mol. The Morgan fingerprint density at radius 2 is 1.86 bits per heavy atom. The van der Waals surface area contributed by atoms with Crippen LogP contribution in [0.2, 0.25) is 0 Å². The Hall–Kier alpha value is -4.70. The number of aromatic nitrogens is 3. The van der Waals surface area contributed by atoms with E-state index >= 15 is 0 Å². The van der Waals surface area contributed by atoms with Crippen LogP contribution in [0.25, 0.3) is 21.6 Å². The van der Waals surface area contributed by atoms with E-state index in [2.05, 4.69) is 11.9 Å². The van der Waals surface area contributed by atoms with Gasteiger partial charge in [-0.05, 0) is 74.2 Å². The first kappa shape index (κ1) is 28.4. The Labute approximate surface area is 253 Å². The van der Waals surface area contributed by atoms with E-state index in [1.54, 1.807) is 42.8 Å². The molecule has 4 heterocycles. The van der Waals surface area contributed by atoms with Crippen molar-refractivity contribution in [3.05, 3.63) is 88.4 Å². The van der Waals surface area contributed by atoms with Gasteiger partial charge in [0.05, 0.1) is 41.2 Å². The second-order valence-electron chi connectivity index (χ2n) is 10.7. The molecule has 10 heteroatoms. The fourth-order valence-electron chi connectivity index (χ4n) is 5.63. The maximum absolute atomic E-state index is 13.9.